The molecule has 0 spiro atoms. The number of nitrogens with one attached hydrogen (secondary N) is 2. The first-order valence-corrected chi connectivity index (χ1v) is 9.89. The first-order chi connectivity index (χ1) is 14.5. The molecule has 30 heavy (non-hydrogen) atoms. The third-order valence-corrected chi connectivity index (χ3v) is 5.05. The number of carbonyl (C=O) groups excluding carboxylic acids is 2. The minimum atomic E-state index is -0.918. The lowest BCUT2D eigenvalue weighted by Crippen LogP contribution is -2.51. The first-order valence-electron chi connectivity index (χ1n) is 9.89. The Balaban J connectivity index is 1.56. The summed E-state index contributed by atoms with van der Waals surface area (Å²) in [5, 5.41) is 14.7. The summed E-state index contributed by atoms with van der Waals surface area (Å²) < 4.78 is 5.12. The maximum absolute atomic E-state index is 12.8. The standard InChI is InChI=1S/C21H26N4O5/c26-19(22-15-16-5-2-1-3-6-16)17(23-20(27)18-7-4-14-30-18)8-9-24-10-12-25(13-11-24)21(28)29/h1-7,14,17H,8-13,15H2,(H,22,26)(H,23,27)(H,28,29). The Hall–Kier alpha value is -3.33. The molecule has 9 heteroatoms. The topological polar surface area (TPSA) is 115 Å². The zero-order valence-electron chi connectivity index (χ0n) is 16.6. The molecule has 3 rings (SSSR count). The second kappa shape index (κ2) is 10.4. The average molecular weight is 414 g/mol. The molecular formula is C21H26N4O5. The Morgan fingerprint density at radius 2 is 1.77 bits per heavy atom. The molecule has 3 amide bonds. The van der Waals surface area contributed by atoms with E-state index in [9.17, 15) is 14.4 Å². The van der Waals surface area contributed by atoms with Crippen LogP contribution >= 0.6 is 0 Å². The van der Waals surface area contributed by atoms with Gasteiger partial charge in [-0.3, -0.25) is 14.5 Å². The molecule has 1 aliphatic heterocycles. The van der Waals surface area contributed by atoms with E-state index >= 15 is 0 Å². The van der Waals surface area contributed by atoms with Gasteiger partial charge in [0.15, 0.2) is 5.76 Å². The fourth-order valence-electron chi connectivity index (χ4n) is 3.29. The van der Waals surface area contributed by atoms with Gasteiger partial charge in [0, 0.05) is 39.3 Å². The lowest BCUT2D eigenvalue weighted by Gasteiger charge is -2.33. The number of carbonyl (C=O) groups is 3. The molecule has 2 heterocycles. The van der Waals surface area contributed by atoms with Crippen molar-refractivity contribution in [2.24, 2.45) is 0 Å². The van der Waals surface area contributed by atoms with Crippen molar-refractivity contribution in [2.75, 3.05) is 32.7 Å². The van der Waals surface area contributed by atoms with Crippen molar-refractivity contribution in [1.82, 2.24) is 20.4 Å². The number of rotatable bonds is 8. The van der Waals surface area contributed by atoms with E-state index in [1.54, 1.807) is 12.1 Å². The molecule has 9 nitrogen and oxygen atoms in total. The van der Waals surface area contributed by atoms with Gasteiger partial charge in [-0.2, -0.15) is 0 Å². The molecule has 1 aliphatic rings. The number of hydrogen-bond acceptors (Lipinski definition) is 5. The van der Waals surface area contributed by atoms with Crippen LogP contribution in [0.25, 0.3) is 0 Å². The first kappa shape index (κ1) is 21.4. The third-order valence-electron chi connectivity index (χ3n) is 5.05. The predicted molar refractivity (Wildman–Crippen MR) is 109 cm³/mol. The maximum atomic E-state index is 12.8. The molecule has 0 radical (unpaired) electrons. The van der Waals surface area contributed by atoms with E-state index in [0.29, 0.717) is 45.7 Å². The van der Waals surface area contributed by atoms with Crippen LogP contribution in [0.4, 0.5) is 4.79 Å². The van der Waals surface area contributed by atoms with Gasteiger partial charge in [-0.25, -0.2) is 4.79 Å². The van der Waals surface area contributed by atoms with Crippen LogP contribution in [0.2, 0.25) is 0 Å². The van der Waals surface area contributed by atoms with Gasteiger partial charge >= 0.3 is 6.09 Å². The lowest BCUT2D eigenvalue weighted by atomic mass is 10.1. The van der Waals surface area contributed by atoms with Crippen LogP contribution in [0, 0.1) is 0 Å². The lowest BCUT2D eigenvalue weighted by molar-refractivity contribution is -0.123. The molecule has 3 N–H and O–H groups in total. The van der Waals surface area contributed by atoms with Crippen molar-refractivity contribution in [1.29, 1.82) is 0 Å². The highest BCUT2D eigenvalue weighted by atomic mass is 16.4. The molecule has 1 saturated heterocycles. The van der Waals surface area contributed by atoms with Crippen molar-refractivity contribution >= 4 is 17.9 Å². The summed E-state index contributed by atoms with van der Waals surface area (Å²) in [5.41, 5.74) is 0.965. The Morgan fingerprint density at radius 3 is 2.40 bits per heavy atom. The van der Waals surface area contributed by atoms with Crippen LogP contribution < -0.4 is 10.6 Å². The number of furan rings is 1. The van der Waals surface area contributed by atoms with E-state index in [1.165, 1.54) is 11.2 Å². The van der Waals surface area contributed by atoms with Gasteiger partial charge in [0.05, 0.1) is 6.26 Å². The highest BCUT2D eigenvalue weighted by Gasteiger charge is 2.25. The molecule has 0 aliphatic carbocycles. The quantitative estimate of drug-likeness (QED) is 0.601. The fourth-order valence-corrected chi connectivity index (χ4v) is 3.29. The highest BCUT2D eigenvalue weighted by Crippen LogP contribution is 2.07. The van der Waals surface area contributed by atoms with Crippen LogP contribution in [0.15, 0.2) is 53.1 Å². The van der Waals surface area contributed by atoms with Crippen molar-refractivity contribution in [2.45, 2.75) is 19.0 Å². The normalized spacial score (nSPS) is 15.4. The number of carboxylic acid groups (broad SMARTS) is 1. The van der Waals surface area contributed by atoms with Gasteiger partial charge in [-0.05, 0) is 24.1 Å². The Morgan fingerprint density at radius 1 is 1.03 bits per heavy atom. The molecule has 1 atom stereocenters. The molecule has 2 aromatic rings. The summed E-state index contributed by atoms with van der Waals surface area (Å²) in [7, 11) is 0. The summed E-state index contributed by atoms with van der Waals surface area (Å²) in [5.74, 6) is -0.579. The molecule has 0 saturated carbocycles. The molecule has 1 unspecified atom stereocenters. The van der Waals surface area contributed by atoms with Gasteiger partial charge in [0.2, 0.25) is 5.91 Å². The molecule has 1 aromatic heterocycles. The zero-order chi connectivity index (χ0) is 21.3. The smallest absolute Gasteiger partial charge is 0.407 e. The van der Waals surface area contributed by atoms with E-state index in [1.807, 2.05) is 30.3 Å². The van der Waals surface area contributed by atoms with E-state index in [-0.39, 0.29) is 11.7 Å². The minimum Gasteiger partial charge on any atom is -0.465 e. The van der Waals surface area contributed by atoms with E-state index in [0.717, 1.165) is 5.56 Å². The van der Waals surface area contributed by atoms with Crippen LogP contribution in [0.1, 0.15) is 22.5 Å². The second-order valence-electron chi connectivity index (χ2n) is 7.11. The summed E-state index contributed by atoms with van der Waals surface area (Å²) in [6.07, 6.45) is 0.889. The van der Waals surface area contributed by atoms with Crippen molar-refractivity contribution in [3.05, 3.63) is 60.1 Å². The van der Waals surface area contributed by atoms with Gasteiger partial charge in [-0.1, -0.05) is 30.3 Å². The molecule has 160 valence electrons. The van der Waals surface area contributed by atoms with Crippen LogP contribution in [-0.4, -0.2) is 71.6 Å². The van der Waals surface area contributed by atoms with Gasteiger partial charge < -0.3 is 25.1 Å². The van der Waals surface area contributed by atoms with Crippen molar-refractivity contribution < 1.29 is 23.9 Å². The number of amides is 3. The Bertz CT molecular complexity index is 832. The summed E-state index contributed by atoms with van der Waals surface area (Å²) in [6.45, 7) is 2.98. The van der Waals surface area contributed by atoms with E-state index in [4.69, 9.17) is 9.52 Å². The van der Waals surface area contributed by atoms with E-state index < -0.39 is 18.0 Å². The minimum absolute atomic E-state index is 0.144. The molecule has 1 aromatic carbocycles. The summed E-state index contributed by atoms with van der Waals surface area (Å²) in [4.78, 5) is 39.7. The molecular weight excluding hydrogens is 388 g/mol. The fraction of sp³-hybridized carbons (Fsp3) is 0.381. The second-order valence-corrected chi connectivity index (χ2v) is 7.11. The van der Waals surface area contributed by atoms with E-state index in [2.05, 4.69) is 15.5 Å². The number of piperazine rings is 1. The Kier molecular flexibility index (Phi) is 7.45. The average Bonchev–Trinajstić information content (AvgIpc) is 3.31. The SMILES string of the molecule is O=C(NC(CCN1CCN(C(=O)O)CC1)C(=O)NCc1ccccc1)c1ccco1. The predicted octanol–water partition coefficient (Wildman–Crippen LogP) is 1.38. The highest BCUT2D eigenvalue weighted by molar-refractivity contribution is 5.95. The van der Waals surface area contributed by atoms with Crippen LogP contribution in [0.3, 0.4) is 0 Å². The zero-order valence-corrected chi connectivity index (χ0v) is 16.6. The van der Waals surface area contributed by atoms with Crippen LogP contribution in [-0.2, 0) is 11.3 Å². The van der Waals surface area contributed by atoms with Gasteiger partial charge in [-0.15, -0.1) is 0 Å². The molecule has 1 fully saturated rings. The number of nitrogens with zero attached hydrogens (tertiary/aromatic N) is 2. The largest absolute Gasteiger partial charge is 0.465 e. The number of hydrogen-bond donors (Lipinski definition) is 3. The summed E-state index contributed by atoms with van der Waals surface area (Å²) >= 11 is 0. The maximum Gasteiger partial charge on any atom is 0.407 e. The third kappa shape index (κ3) is 6.08. The van der Waals surface area contributed by atoms with Gasteiger partial charge in [0.1, 0.15) is 6.04 Å². The monoisotopic (exact) mass is 414 g/mol. The van der Waals surface area contributed by atoms with Crippen molar-refractivity contribution in [3.63, 3.8) is 0 Å². The number of benzene rings is 1. The summed E-state index contributed by atoms with van der Waals surface area (Å²) in [6, 6.07) is 12.0. The van der Waals surface area contributed by atoms with Crippen LogP contribution in [0.5, 0.6) is 0 Å². The molecule has 0 bridgehead atoms. The Labute approximate surface area is 174 Å². The van der Waals surface area contributed by atoms with Crippen molar-refractivity contribution in [3.8, 4) is 0 Å². The van der Waals surface area contributed by atoms with Gasteiger partial charge in [0.25, 0.3) is 5.91 Å².